The lowest BCUT2D eigenvalue weighted by atomic mass is 9.70. The van der Waals surface area contributed by atoms with E-state index in [-0.39, 0.29) is 33.6 Å². The molecule has 0 unspecified atom stereocenters. The molecule has 0 saturated heterocycles. The summed E-state index contributed by atoms with van der Waals surface area (Å²) in [6, 6.07) is 3.65. The molecule has 2 aliphatic carbocycles. The highest BCUT2D eigenvalue weighted by atomic mass is 35.5. The number of hydrogen-bond acceptors (Lipinski definition) is 3. The molecule has 2 aliphatic rings. The molecule has 2 bridgehead atoms. The van der Waals surface area contributed by atoms with Crippen molar-refractivity contribution >= 4 is 33.1 Å². The molecule has 0 radical (unpaired) electrons. The van der Waals surface area contributed by atoms with Crippen LogP contribution in [0.3, 0.4) is 0 Å². The molecule has 1 aromatic rings. The van der Waals surface area contributed by atoms with Crippen molar-refractivity contribution in [1.82, 2.24) is 0 Å². The highest BCUT2D eigenvalue weighted by molar-refractivity contribution is 7.92. The molecule has 4 nitrogen and oxygen atoms in total. The number of halogens is 2. The Hall–Kier alpha value is -1.14. The number of benzene rings is 1. The Bertz CT molecular complexity index is 778. The summed E-state index contributed by atoms with van der Waals surface area (Å²) in [5, 5.41) is -0.151. The molecule has 0 heterocycles. The number of rotatable bonds is 4. The van der Waals surface area contributed by atoms with Gasteiger partial charge in [-0.2, -0.15) is 0 Å². The molecule has 1 N–H and O–H groups in total. The van der Waals surface area contributed by atoms with E-state index < -0.39 is 21.3 Å². The van der Waals surface area contributed by atoms with Crippen LogP contribution in [-0.4, -0.2) is 20.0 Å². The van der Waals surface area contributed by atoms with Gasteiger partial charge in [0.15, 0.2) is 0 Å². The smallest absolute Gasteiger partial charge is 0.233 e. The zero-order valence-electron chi connectivity index (χ0n) is 13.0. The summed E-state index contributed by atoms with van der Waals surface area (Å²) in [6.07, 6.45) is 1.95. The van der Waals surface area contributed by atoms with Crippen LogP contribution in [0.1, 0.15) is 33.1 Å². The van der Waals surface area contributed by atoms with Crippen molar-refractivity contribution in [3.63, 3.8) is 0 Å². The molecule has 2 saturated carbocycles. The third-order valence-corrected chi connectivity index (χ3v) is 7.48. The second-order valence-electron chi connectivity index (χ2n) is 7.16. The SMILES string of the molecule is CC1(C)[C@H]2CC[C@]1(CS(=O)(=O)Nc1ccc(F)c(Cl)c1)C(=O)C2. The largest absolute Gasteiger partial charge is 0.299 e. The van der Waals surface area contributed by atoms with Crippen molar-refractivity contribution < 1.29 is 17.6 Å². The summed E-state index contributed by atoms with van der Waals surface area (Å²) < 4.78 is 40.7. The lowest BCUT2D eigenvalue weighted by Crippen LogP contribution is -2.43. The summed E-state index contributed by atoms with van der Waals surface area (Å²) in [7, 11) is -3.75. The highest BCUT2D eigenvalue weighted by Crippen LogP contribution is 2.64. The van der Waals surface area contributed by atoms with Crippen LogP contribution in [0.25, 0.3) is 0 Å². The van der Waals surface area contributed by atoms with Gasteiger partial charge in [0.1, 0.15) is 11.6 Å². The van der Waals surface area contributed by atoms with E-state index in [0.29, 0.717) is 12.8 Å². The first-order valence-corrected chi connectivity index (χ1v) is 9.59. The molecule has 23 heavy (non-hydrogen) atoms. The summed E-state index contributed by atoms with van der Waals surface area (Å²) >= 11 is 5.68. The summed E-state index contributed by atoms with van der Waals surface area (Å²) in [5.74, 6) is -0.553. The first-order chi connectivity index (χ1) is 10.6. The van der Waals surface area contributed by atoms with E-state index in [1.54, 1.807) is 0 Å². The Morgan fingerprint density at radius 1 is 1.39 bits per heavy atom. The van der Waals surface area contributed by atoms with Gasteiger partial charge in [0.2, 0.25) is 10.0 Å². The Morgan fingerprint density at radius 2 is 2.09 bits per heavy atom. The van der Waals surface area contributed by atoms with Gasteiger partial charge in [-0.3, -0.25) is 9.52 Å². The Kier molecular flexibility index (Phi) is 3.76. The second-order valence-corrected chi connectivity index (χ2v) is 9.29. The number of fused-ring (bicyclic) bond motifs is 2. The molecular formula is C16H19ClFNO3S. The van der Waals surface area contributed by atoms with Gasteiger partial charge < -0.3 is 0 Å². The van der Waals surface area contributed by atoms with Crippen molar-refractivity contribution in [2.45, 2.75) is 33.1 Å². The van der Waals surface area contributed by atoms with Gasteiger partial charge in [0.25, 0.3) is 0 Å². The van der Waals surface area contributed by atoms with Gasteiger partial charge in [0, 0.05) is 6.42 Å². The molecule has 0 aliphatic heterocycles. The van der Waals surface area contributed by atoms with Crippen LogP contribution in [0.15, 0.2) is 18.2 Å². The third kappa shape index (κ3) is 2.56. The number of nitrogens with one attached hydrogen (secondary N) is 1. The summed E-state index contributed by atoms with van der Waals surface area (Å²) in [4.78, 5) is 12.4. The van der Waals surface area contributed by atoms with E-state index in [1.165, 1.54) is 12.1 Å². The molecule has 2 fully saturated rings. The number of carbonyl (C=O) groups is 1. The standard InChI is InChI=1S/C16H19ClFNO3S/c1-15(2)10-5-6-16(15,14(20)7-10)9-23(21,22)19-11-3-4-13(18)12(17)8-11/h3-4,8,10,19H,5-7,9H2,1-2H3/t10-,16-/m0/s1. The number of ketones is 1. The molecule has 3 rings (SSSR count). The van der Waals surface area contributed by atoms with E-state index >= 15 is 0 Å². The zero-order chi connectivity index (χ0) is 17.0. The van der Waals surface area contributed by atoms with Gasteiger partial charge in [-0.25, -0.2) is 12.8 Å². The Labute approximate surface area is 140 Å². The normalized spacial score (nSPS) is 29.0. The van der Waals surface area contributed by atoms with Crippen molar-refractivity contribution in [2.75, 3.05) is 10.5 Å². The summed E-state index contributed by atoms with van der Waals surface area (Å²) in [6.45, 7) is 3.97. The van der Waals surface area contributed by atoms with Crippen LogP contribution in [0.2, 0.25) is 5.02 Å². The number of hydrogen-bond donors (Lipinski definition) is 1. The van der Waals surface area contributed by atoms with Crippen LogP contribution < -0.4 is 4.72 Å². The van der Waals surface area contributed by atoms with Crippen LogP contribution in [0, 0.1) is 22.6 Å². The third-order valence-electron chi connectivity index (χ3n) is 5.77. The molecule has 7 heteroatoms. The van der Waals surface area contributed by atoms with Gasteiger partial charge in [0.05, 0.1) is 21.9 Å². The molecule has 0 amide bonds. The van der Waals surface area contributed by atoms with Crippen LogP contribution >= 0.6 is 11.6 Å². The fourth-order valence-electron chi connectivity index (χ4n) is 4.21. The number of anilines is 1. The van der Waals surface area contributed by atoms with E-state index in [0.717, 1.165) is 12.5 Å². The molecule has 2 atom stereocenters. The Balaban J connectivity index is 1.86. The molecule has 0 spiro atoms. The fraction of sp³-hybridized carbons (Fsp3) is 0.562. The average molecular weight is 360 g/mol. The van der Waals surface area contributed by atoms with Crippen molar-refractivity contribution in [2.24, 2.45) is 16.7 Å². The minimum absolute atomic E-state index is 0.0428. The lowest BCUT2D eigenvalue weighted by molar-refractivity contribution is -0.128. The van der Waals surface area contributed by atoms with Gasteiger partial charge >= 0.3 is 0 Å². The first kappa shape index (κ1) is 16.7. The minimum Gasteiger partial charge on any atom is -0.299 e. The van der Waals surface area contributed by atoms with Crippen molar-refractivity contribution in [3.8, 4) is 0 Å². The zero-order valence-corrected chi connectivity index (χ0v) is 14.6. The van der Waals surface area contributed by atoms with Crippen LogP contribution in [-0.2, 0) is 14.8 Å². The summed E-state index contributed by atoms with van der Waals surface area (Å²) in [5.41, 5.74) is -0.947. The number of carbonyl (C=O) groups excluding carboxylic acids is 1. The van der Waals surface area contributed by atoms with Crippen LogP contribution in [0.5, 0.6) is 0 Å². The maximum Gasteiger partial charge on any atom is 0.233 e. The molecule has 0 aromatic heterocycles. The highest BCUT2D eigenvalue weighted by Gasteiger charge is 2.65. The average Bonchev–Trinajstić information content (AvgIpc) is 2.76. The maximum atomic E-state index is 13.2. The first-order valence-electron chi connectivity index (χ1n) is 7.56. The molecule has 126 valence electrons. The van der Waals surface area contributed by atoms with Gasteiger partial charge in [-0.05, 0) is 42.4 Å². The predicted molar refractivity (Wildman–Crippen MR) is 87.4 cm³/mol. The van der Waals surface area contributed by atoms with Gasteiger partial charge in [-0.15, -0.1) is 0 Å². The number of Topliss-reactive ketones (excluding diaryl/α,β-unsaturated/α-hetero) is 1. The molecule has 1 aromatic carbocycles. The monoisotopic (exact) mass is 359 g/mol. The van der Waals surface area contributed by atoms with E-state index in [2.05, 4.69) is 4.72 Å². The Morgan fingerprint density at radius 3 is 2.61 bits per heavy atom. The quantitative estimate of drug-likeness (QED) is 0.893. The van der Waals surface area contributed by atoms with Crippen molar-refractivity contribution in [3.05, 3.63) is 29.0 Å². The second kappa shape index (κ2) is 5.18. The topological polar surface area (TPSA) is 63.2 Å². The lowest BCUT2D eigenvalue weighted by Gasteiger charge is -2.36. The fourth-order valence-corrected chi connectivity index (χ4v) is 6.27. The van der Waals surface area contributed by atoms with E-state index in [9.17, 15) is 17.6 Å². The maximum absolute atomic E-state index is 13.2. The minimum atomic E-state index is -3.75. The van der Waals surface area contributed by atoms with Gasteiger partial charge in [-0.1, -0.05) is 25.4 Å². The predicted octanol–water partition coefficient (Wildman–Crippen LogP) is 3.62. The van der Waals surface area contributed by atoms with Crippen molar-refractivity contribution in [1.29, 1.82) is 0 Å². The van der Waals surface area contributed by atoms with E-state index in [4.69, 9.17) is 11.6 Å². The van der Waals surface area contributed by atoms with E-state index in [1.807, 2.05) is 13.8 Å². The molecular weight excluding hydrogens is 341 g/mol. The number of sulfonamides is 1. The van der Waals surface area contributed by atoms with Crippen LogP contribution in [0.4, 0.5) is 10.1 Å².